The van der Waals surface area contributed by atoms with Crippen LogP contribution in [0.3, 0.4) is 0 Å². The smallest absolute Gasteiger partial charge is 0.399 e. The third-order valence-corrected chi connectivity index (χ3v) is 4.83. The minimum atomic E-state index is -0.454. The van der Waals surface area contributed by atoms with Crippen molar-refractivity contribution in [3.63, 3.8) is 0 Å². The van der Waals surface area contributed by atoms with Gasteiger partial charge in [0.05, 0.1) is 11.2 Å². The van der Waals surface area contributed by atoms with E-state index in [1.807, 2.05) is 58.9 Å². The molecule has 1 aromatic heterocycles. The number of benzene rings is 1. The van der Waals surface area contributed by atoms with Gasteiger partial charge >= 0.3 is 7.12 Å². The number of amides is 1. The molecule has 1 aliphatic rings. The lowest BCUT2D eigenvalue weighted by atomic mass is 9.79. The molecule has 0 bridgehead atoms. The predicted octanol–water partition coefficient (Wildman–Crippen LogP) is 2.94. The third-order valence-electron chi connectivity index (χ3n) is 4.83. The van der Waals surface area contributed by atoms with Gasteiger partial charge in [0.2, 0.25) is 0 Å². The van der Waals surface area contributed by atoms with E-state index in [1.54, 1.807) is 18.3 Å². The Bertz CT molecular complexity index is 789. The van der Waals surface area contributed by atoms with Crippen LogP contribution >= 0.6 is 0 Å². The molecule has 0 unspecified atom stereocenters. The zero-order chi connectivity index (χ0) is 18.2. The van der Waals surface area contributed by atoms with Crippen LogP contribution in [-0.2, 0) is 9.31 Å². The van der Waals surface area contributed by atoms with Gasteiger partial charge in [-0.2, -0.15) is 0 Å². The minimum absolute atomic E-state index is 0.170. The highest BCUT2D eigenvalue weighted by Gasteiger charge is 2.51. The van der Waals surface area contributed by atoms with Crippen molar-refractivity contribution in [1.29, 1.82) is 0 Å². The second kappa shape index (κ2) is 6.28. The number of hydrogen-bond donors (Lipinski definition) is 1. The first kappa shape index (κ1) is 17.6. The first-order valence-corrected chi connectivity index (χ1v) is 8.37. The van der Waals surface area contributed by atoms with Gasteiger partial charge in [-0.15, -0.1) is 0 Å². The molecule has 1 fully saturated rings. The predicted molar refractivity (Wildman–Crippen MR) is 99.1 cm³/mol. The lowest BCUT2D eigenvalue weighted by molar-refractivity contribution is 0.00578. The molecule has 2 heterocycles. The number of nitrogens with one attached hydrogen (secondary N) is 1. The molecule has 0 saturated carbocycles. The third kappa shape index (κ3) is 3.60. The zero-order valence-corrected chi connectivity index (χ0v) is 15.3. The number of carbonyl (C=O) groups is 1. The van der Waals surface area contributed by atoms with Crippen molar-refractivity contribution in [2.75, 3.05) is 5.32 Å². The molecule has 0 aliphatic carbocycles. The average Bonchev–Trinajstić information content (AvgIpc) is 2.76. The van der Waals surface area contributed by atoms with Gasteiger partial charge in [0, 0.05) is 23.1 Å². The van der Waals surface area contributed by atoms with E-state index < -0.39 is 18.3 Å². The standard InChI is InChI=1S/C19H23BN2O3/c1-13-11-14(9-10-21-13)17(23)22-16-8-6-7-15(12-16)20-24-18(2,3)19(4,5)25-20/h6-12H,1-5H3,(H,22,23). The molecule has 1 N–H and O–H groups in total. The van der Waals surface area contributed by atoms with Crippen LogP contribution in [0.5, 0.6) is 0 Å². The Balaban J connectivity index is 1.78. The molecule has 130 valence electrons. The zero-order valence-electron chi connectivity index (χ0n) is 15.3. The van der Waals surface area contributed by atoms with Gasteiger partial charge < -0.3 is 14.6 Å². The second-order valence-electron chi connectivity index (χ2n) is 7.35. The molecule has 1 aromatic carbocycles. The molecule has 1 amide bonds. The Morgan fingerprint density at radius 2 is 1.76 bits per heavy atom. The van der Waals surface area contributed by atoms with Gasteiger partial charge in [0.25, 0.3) is 5.91 Å². The summed E-state index contributed by atoms with van der Waals surface area (Å²) in [5, 5.41) is 2.91. The van der Waals surface area contributed by atoms with Crippen LogP contribution in [-0.4, -0.2) is 29.2 Å². The average molecular weight is 338 g/mol. The van der Waals surface area contributed by atoms with Crippen LogP contribution in [0.25, 0.3) is 0 Å². The van der Waals surface area contributed by atoms with Crippen LogP contribution in [0.2, 0.25) is 0 Å². The molecule has 1 saturated heterocycles. The van der Waals surface area contributed by atoms with Crippen LogP contribution in [0.4, 0.5) is 5.69 Å². The highest BCUT2D eigenvalue weighted by atomic mass is 16.7. The lowest BCUT2D eigenvalue weighted by Gasteiger charge is -2.32. The van der Waals surface area contributed by atoms with Gasteiger partial charge in [-0.05, 0) is 64.3 Å². The van der Waals surface area contributed by atoms with Gasteiger partial charge in [0.15, 0.2) is 0 Å². The summed E-state index contributed by atoms with van der Waals surface area (Å²) in [6.45, 7) is 9.93. The summed E-state index contributed by atoms with van der Waals surface area (Å²) < 4.78 is 12.1. The Kier molecular flexibility index (Phi) is 4.43. The molecule has 0 atom stereocenters. The SMILES string of the molecule is Cc1cc(C(=O)Nc2cccc(B3OC(C)(C)C(C)(C)O3)c2)ccn1. The van der Waals surface area contributed by atoms with E-state index in [0.717, 1.165) is 11.2 Å². The number of aromatic nitrogens is 1. The largest absolute Gasteiger partial charge is 0.494 e. The molecule has 0 radical (unpaired) electrons. The van der Waals surface area contributed by atoms with Crippen molar-refractivity contribution < 1.29 is 14.1 Å². The summed E-state index contributed by atoms with van der Waals surface area (Å²) in [5.74, 6) is -0.170. The van der Waals surface area contributed by atoms with E-state index in [4.69, 9.17) is 9.31 Å². The Hall–Kier alpha value is -2.18. The first-order valence-electron chi connectivity index (χ1n) is 8.37. The fourth-order valence-electron chi connectivity index (χ4n) is 2.63. The van der Waals surface area contributed by atoms with Crippen molar-refractivity contribution in [2.24, 2.45) is 0 Å². The van der Waals surface area contributed by atoms with Gasteiger partial charge in [-0.3, -0.25) is 9.78 Å². The summed E-state index contributed by atoms with van der Waals surface area (Å²) in [6, 6.07) is 11.0. The highest BCUT2D eigenvalue weighted by Crippen LogP contribution is 2.36. The number of rotatable bonds is 3. The van der Waals surface area contributed by atoms with Gasteiger partial charge in [-0.1, -0.05) is 12.1 Å². The number of hydrogen-bond acceptors (Lipinski definition) is 4. The minimum Gasteiger partial charge on any atom is -0.399 e. The van der Waals surface area contributed by atoms with E-state index in [9.17, 15) is 4.79 Å². The number of carbonyl (C=O) groups excluding carboxylic acids is 1. The Morgan fingerprint density at radius 3 is 2.40 bits per heavy atom. The maximum Gasteiger partial charge on any atom is 0.494 e. The fourth-order valence-corrected chi connectivity index (χ4v) is 2.63. The molecule has 6 heteroatoms. The van der Waals surface area contributed by atoms with E-state index >= 15 is 0 Å². The van der Waals surface area contributed by atoms with E-state index in [0.29, 0.717) is 11.3 Å². The van der Waals surface area contributed by atoms with Crippen LogP contribution in [0.15, 0.2) is 42.6 Å². The summed E-state index contributed by atoms with van der Waals surface area (Å²) in [7, 11) is -0.454. The topological polar surface area (TPSA) is 60.5 Å². The monoisotopic (exact) mass is 338 g/mol. The normalized spacial score (nSPS) is 18.2. The molecule has 25 heavy (non-hydrogen) atoms. The Labute approximate surface area is 148 Å². The Morgan fingerprint density at radius 1 is 1.08 bits per heavy atom. The van der Waals surface area contributed by atoms with Gasteiger partial charge in [0.1, 0.15) is 0 Å². The van der Waals surface area contributed by atoms with E-state index in [2.05, 4.69) is 10.3 Å². The molecule has 0 spiro atoms. The van der Waals surface area contributed by atoms with E-state index in [-0.39, 0.29) is 5.91 Å². The fraction of sp³-hybridized carbons (Fsp3) is 0.368. The van der Waals surface area contributed by atoms with Crippen molar-refractivity contribution in [2.45, 2.75) is 45.8 Å². The molecule has 1 aliphatic heterocycles. The van der Waals surface area contributed by atoms with Crippen LogP contribution in [0.1, 0.15) is 43.7 Å². The van der Waals surface area contributed by atoms with E-state index in [1.165, 1.54) is 0 Å². The molecule has 2 aromatic rings. The summed E-state index contributed by atoms with van der Waals surface area (Å²) in [4.78, 5) is 16.5. The summed E-state index contributed by atoms with van der Waals surface area (Å²) in [5.41, 5.74) is 2.16. The maximum absolute atomic E-state index is 12.4. The van der Waals surface area contributed by atoms with Crippen LogP contribution in [0, 0.1) is 6.92 Å². The van der Waals surface area contributed by atoms with Crippen molar-refractivity contribution >= 4 is 24.2 Å². The summed E-state index contributed by atoms with van der Waals surface area (Å²) in [6.07, 6.45) is 1.63. The maximum atomic E-state index is 12.4. The first-order chi connectivity index (χ1) is 11.7. The lowest BCUT2D eigenvalue weighted by Crippen LogP contribution is -2.41. The molecule has 3 rings (SSSR count). The molecule has 5 nitrogen and oxygen atoms in total. The number of pyridine rings is 1. The van der Waals surface area contributed by atoms with Crippen molar-refractivity contribution in [1.82, 2.24) is 4.98 Å². The second-order valence-corrected chi connectivity index (χ2v) is 7.35. The quantitative estimate of drug-likeness (QED) is 0.874. The van der Waals surface area contributed by atoms with Crippen molar-refractivity contribution in [3.8, 4) is 0 Å². The number of nitrogens with zero attached hydrogens (tertiary/aromatic N) is 1. The number of aryl methyl sites for hydroxylation is 1. The highest BCUT2D eigenvalue weighted by molar-refractivity contribution is 6.62. The molecular formula is C19H23BN2O3. The van der Waals surface area contributed by atoms with Gasteiger partial charge in [-0.25, -0.2) is 0 Å². The summed E-state index contributed by atoms with van der Waals surface area (Å²) >= 11 is 0. The molecular weight excluding hydrogens is 315 g/mol. The van der Waals surface area contributed by atoms with Crippen LogP contribution < -0.4 is 10.8 Å². The van der Waals surface area contributed by atoms with Crippen molar-refractivity contribution in [3.05, 3.63) is 53.9 Å². The number of anilines is 1.